The van der Waals surface area contributed by atoms with Crippen LogP contribution in [0.15, 0.2) is 29.3 Å². The molecule has 29 heavy (non-hydrogen) atoms. The van der Waals surface area contributed by atoms with Crippen molar-refractivity contribution >= 4 is 17.0 Å². The topological polar surface area (TPSA) is 71.3 Å². The van der Waals surface area contributed by atoms with Crippen LogP contribution in [0, 0.1) is 13.8 Å². The van der Waals surface area contributed by atoms with Gasteiger partial charge in [0.1, 0.15) is 23.0 Å². The highest BCUT2D eigenvalue weighted by atomic mass is 16.5. The molecule has 1 atom stereocenters. The number of phenolic OH excluding ortho intramolecular Hbond substituents is 2. The number of rotatable bonds is 3. The molecule has 0 fully saturated rings. The van der Waals surface area contributed by atoms with Gasteiger partial charge >= 0.3 is 0 Å². The van der Waals surface area contributed by atoms with Gasteiger partial charge in [0.15, 0.2) is 0 Å². The van der Waals surface area contributed by atoms with E-state index >= 15 is 0 Å². The maximum Gasteiger partial charge on any atom is 0.139 e. The number of aliphatic imine (C=N–C) groups is 1. The maximum absolute atomic E-state index is 11.3. The van der Waals surface area contributed by atoms with Crippen LogP contribution < -0.4 is 9.47 Å². The number of fused-ring (bicyclic) bond motifs is 2. The summed E-state index contributed by atoms with van der Waals surface area (Å²) in [4.78, 5) is 4.51. The molecule has 150 valence electrons. The SMILES string of the molecule is COc1c2c(cc(O)c1-c1c(C)cc3cc(C)cc(OC)c3c1O)CC(C)N=C2. The monoisotopic (exact) mass is 391 g/mol. The number of aryl methyl sites for hydroxylation is 2. The summed E-state index contributed by atoms with van der Waals surface area (Å²) in [5, 5.41) is 23.7. The van der Waals surface area contributed by atoms with Crippen molar-refractivity contribution < 1.29 is 19.7 Å². The standard InChI is InChI=1S/C24H25NO4/c1-12-6-16-8-13(2)20(23(27)21(16)19(7-12)28-4)22-18(26)10-15-9-14(3)25-11-17(15)24(22)29-5/h6-8,10-11,14,26-27H,9H2,1-5H3. The minimum absolute atomic E-state index is 0.0616. The van der Waals surface area contributed by atoms with Crippen molar-refractivity contribution in [3.8, 4) is 34.1 Å². The fourth-order valence-corrected chi connectivity index (χ4v) is 4.29. The lowest BCUT2D eigenvalue weighted by Gasteiger charge is -2.23. The highest BCUT2D eigenvalue weighted by molar-refractivity contribution is 6.04. The molecule has 1 aliphatic rings. The van der Waals surface area contributed by atoms with E-state index < -0.39 is 0 Å². The predicted molar refractivity (Wildman–Crippen MR) is 116 cm³/mol. The Labute approximate surface area is 170 Å². The Morgan fingerprint density at radius 2 is 1.76 bits per heavy atom. The molecule has 3 aromatic carbocycles. The molecule has 0 saturated heterocycles. The summed E-state index contributed by atoms with van der Waals surface area (Å²) in [5.74, 6) is 1.24. The van der Waals surface area contributed by atoms with Crippen LogP contribution in [0.25, 0.3) is 21.9 Å². The molecule has 3 aromatic rings. The molecule has 0 amide bonds. The van der Waals surface area contributed by atoms with E-state index in [1.165, 1.54) is 0 Å². The minimum Gasteiger partial charge on any atom is -0.507 e. The average Bonchev–Trinajstić information content (AvgIpc) is 2.66. The number of hydrogen-bond acceptors (Lipinski definition) is 5. The van der Waals surface area contributed by atoms with E-state index in [9.17, 15) is 10.2 Å². The molecule has 5 nitrogen and oxygen atoms in total. The van der Waals surface area contributed by atoms with E-state index in [2.05, 4.69) is 4.99 Å². The van der Waals surface area contributed by atoms with Gasteiger partial charge in [-0.05, 0) is 61.4 Å². The second-order valence-electron chi connectivity index (χ2n) is 7.69. The zero-order valence-corrected chi connectivity index (χ0v) is 17.3. The fraction of sp³-hybridized carbons (Fsp3) is 0.292. The van der Waals surface area contributed by atoms with Crippen LogP contribution in [0.1, 0.15) is 29.2 Å². The number of ether oxygens (including phenoxy) is 2. The third-order valence-corrected chi connectivity index (χ3v) is 5.55. The lowest BCUT2D eigenvalue weighted by molar-refractivity contribution is 0.406. The largest absolute Gasteiger partial charge is 0.507 e. The molecule has 0 aromatic heterocycles. The Balaban J connectivity index is 2.09. The van der Waals surface area contributed by atoms with Gasteiger partial charge in [0.25, 0.3) is 0 Å². The van der Waals surface area contributed by atoms with Crippen molar-refractivity contribution in [1.29, 1.82) is 0 Å². The Hall–Kier alpha value is -3.21. The van der Waals surface area contributed by atoms with E-state index in [0.29, 0.717) is 28.0 Å². The number of methoxy groups -OCH3 is 2. The van der Waals surface area contributed by atoms with E-state index in [4.69, 9.17) is 9.47 Å². The van der Waals surface area contributed by atoms with Crippen LogP contribution in [-0.4, -0.2) is 36.7 Å². The summed E-state index contributed by atoms with van der Waals surface area (Å²) < 4.78 is 11.3. The molecule has 0 spiro atoms. The lowest BCUT2D eigenvalue weighted by atomic mass is 9.88. The van der Waals surface area contributed by atoms with Gasteiger partial charge < -0.3 is 19.7 Å². The molecule has 1 aliphatic heterocycles. The van der Waals surface area contributed by atoms with Crippen molar-refractivity contribution in [2.75, 3.05) is 14.2 Å². The molecule has 1 unspecified atom stereocenters. The first kappa shape index (κ1) is 19.1. The first-order chi connectivity index (χ1) is 13.8. The van der Waals surface area contributed by atoms with Crippen molar-refractivity contribution in [2.24, 2.45) is 4.99 Å². The fourth-order valence-electron chi connectivity index (χ4n) is 4.29. The highest BCUT2D eigenvalue weighted by Gasteiger charge is 2.26. The van der Waals surface area contributed by atoms with E-state index in [1.54, 1.807) is 26.5 Å². The smallest absolute Gasteiger partial charge is 0.139 e. The number of nitrogens with zero attached hydrogens (tertiary/aromatic N) is 1. The average molecular weight is 391 g/mol. The van der Waals surface area contributed by atoms with Crippen molar-refractivity contribution in [2.45, 2.75) is 33.2 Å². The maximum atomic E-state index is 11.3. The zero-order chi connectivity index (χ0) is 20.9. The number of aromatic hydroxyl groups is 2. The molecule has 2 N–H and O–H groups in total. The Morgan fingerprint density at radius 3 is 2.45 bits per heavy atom. The van der Waals surface area contributed by atoms with Gasteiger partial charge in [0.05, 0.1) is 31.2 Å². The molecule has 0 radical (unpaired) electrons. The Bertz CT molecular complexity index is 1160. The molecule has 1 heterocycles. The van der Waals surface area contributed by atoms with Crippen LogP contribution >= 0.6 is 0 Å². The summed E-state index contributed by atoms with van der Waals surface area (Å²) in [5.41, 5.74) is 4.69. The number of hydrogen-bond donors (Lipinski definition) is 2. The summed E-state index contributed by atoms with van der Waals surface area (Å²) in [6, 6.07) is 7.80. The van der Waals surface area contributed by atoms with Gasteiger partial charge in [-0.15, -0.1) is 0 Å². The van der Waals surface area contributed by atoms with Crippen LogP contribution in [0.2, 0.25) is 0 Å². The second kappa shape index (κ2) is 6.99. The molecular weight excluding hydrogens is 366 g/mol. The Kier molecular flexibility index (Phi) is 4.61. The van der Waals surface area contributed by atoms with Crippen LogP contribution in [0.5, 0.6) is 23.0 Å². The summed E-state index contributed by atoms with van der Waals surface area (Å²) >= 11 is 0. The van der Waals surface area contributed by atoms with Gasteiger partial charge in [-0.3, -0.25) is 4.99 Å². The van der Waals surface area contributed by atoms with Crippen LogP contribution in [0.4, 0.5) is 0 Å². The normalized spacial score (nSPS) is 15.4. The van der Waals surface area contributed by atoms with E-state index in [-0.39, 0.29) is 17.5 Å². The van der Waals surface area contributed by atoms with Gasteiger partial charge in [-0.2, -0.15) is 0 Å². The van der Waals surface area contributed by atoms with E-state index in [0.717, 1.165) is 34.1 Å². The molecule has 4 rings (SSSR count). The molecule has 0 saturated carbocycles. The minimum atomic E-state index is 0.0616. The zero-order valence-electron chi connectivity index (χ0n) is 17.3. The third-order valence-electron chi connectivity index (χ3n) is 5.55. The number of benzene rings is 3. The first-order valence-electron chi connectivity index (χ1n) is 9.63. The molecule has 5 heteroatoms. The second-order valence-corrected chi connectivity index (χ2v) is 7.69. The summed E-state index contributed by atoms with van der Waals surface area (Å²) in [6.07, 6.45) is 2.52. The number of phenols is 2. The Morgan fingerprint density at radius 1 is 1.00 bits per heavy atom. The lowest BCUT2D eigenvalue weighted by Crippen LogP contribution is -2.13. The summed E-state index contributed by atoms with van der Waals surface area (Å²) in [6.45, 7) is 5.93. The van der Waals surface area contributed by atoms with Crippen LogP contribution in [-0.2, 0) is 6.42 Å². The van der Waals surface area contributed by atoms with Crippen molar-refractivity contribution in [3.05, 3.63) is 46.5 Å². The first-order valence-corrected chi connectivity index (χ1v) is 9.63. The third kappa shape index (κ3) is 2.97. The van der Waals surface area contributed by atoms with E-state index in [1.807, 2.05) is 39.0 Å². The predicted octanol–water partition coefficient (Wildman–Crippen LogP) is 4.92. The quantitative estimate of drug-likeness (QED) is 0.665. The van der Waals surface area contributed by atoms with Crippen molar-refractivity contribution in [3.63, 3.8) is 0 Å². The van der Waals surface area contributed by atoms with Crippen LogP contribution in [0.3, 0.4) is 0 Å². The molecular formula is C24H25NO4. The van der Waals surface area contributed by atoms with Gasteiger partial charge in [0.2, 0.25) is 0 Å². The van der Waals surface area contributed by atoms with Crippen molar-refractivity contribution in [1.82, 2.24) is 0 Å². The van der Waals surface area contributed by atoms with Gasteiger partial charge in [-0.1, -0.05) is 12.1 Å². The van der Waals surface area contributed by atoms with Gasteiger partial charge in [0, 0.05) is 17.3 Å². The highest BCUT2D eigenvalue weighted by Crippen LogP contribution is 2.50. The molecule has 0 aliphatic carbocycles. The molecule has 0 bridgehead atoms. The van der Waals surface area contributed by atoms with Gasteiger partial charge in [-0.25, -0.2) is 0 Å². The summed E-state index contributed by atoms with van der Waals surface area (Å²) in [7, 11) is 3.16.